The third-order valence-electron chi connectivity index (χ3n) is 3.51. The molecule has 0 aromatic heterocycles. The molecule has 0 spiro atoms. The van der Waals surface area contributed by atoms with Crippen molar-refractivity contribution in [2.24, 2.45) is 11.7 Å². The number of hydrogen-bond donors (Lipinski definition) is 3. The SMILES string of the molecule is CCNC(=O)C(C)NC(=O)C1CCCCCC1N. The van der Waals surface area contributed by atoms with Gasteiger partial charge in [0.25, 0.3) is 0 Å². The molecular formula is C13H25N3O2. The highest BCUT2D eigenvalue weighted by Crippen LogP contribution is 2.22. The smallest absolute Gasteiger partial charge is 0.242 e. The lowest BCUT2D eigenvalue weighted by molar-refractivity contribution is -0.131. The number of amides is 2. The standard InChI is InChI=1S/C13H25N3O2/c1-3-15-12(17)9(2)16-13(18)10-7-5-4-6-8-11(10)14/h9-11H,3-8,14H2,1-2H3,(H,15,17)(H,16,18). The van der Waals surface area contributed by atoms with E-state index >= 15 is 0 Å². The van der Waals surface area contributed by atoms with Crippen molar-refractivity contribution in [1.82, 2.24) is 10.6 Å². The van der Waals surface area contributed by atoms with E-state index in [9.17, 15) is 9.59 Å². The van der Waals surface area contributed by atoms with E-state index in [0.717, 1.165) is 32.1 Å². The number of nitrogens with two attached hydrogens (primary N) is 1. The molecule has 5 heteroatoms. The minimum Gasteiger partial charge on any atom is -0.355 e. The first-order valence-electron chi connectivity index (χ1n) is 6.90. The van der Waals surface area contributed by atoms with Crippen molar-refractivity contribution in [1.29, 1.82) is 0 Å². The number of hydrogen-bond acceptors (Lipinski definition) is 3. The van der Waals surface area contributed by atoms with Crippen molar-refractivity contribution in [3.8, 4) is 0 Å². The van der Waals surface area contributed by atoms with Crippen LogP contribution in [-0.2, 0) is 9.59 Å². The lowest BCUT2D eigenvalue weighted by atomic mass is 9.94. The molecular weight excluding hydrogens is 230 g/mol. The molecule has 0 heterocycles. The van der Waals surface area contributed by atoms with Crippen LogP contribution in [0.1, 0.15) is 46.0 Å². The van der Waals surface area contributed by atoms with E-state index in [1.165, 1.54) is 0 Å². The highest BCUT2D eigenvalue weighted by Gasteiger charge is 2.28. The zero-order valence-electron chi connectivity index (χ0n) is 11.4. The van der Waals surface area contributed by atoms with Crippen LogP contribution < -0.4 is 16.4 Å². The molecule has 4 N–H and O–H groups in total. The van der Waals surface area contributed by atoms with E-state index in [-0.39, 0.29) is 23.8 Å². The maximum absolute atomic E-state index is 12.1. The molecule has 1 saturated carbocycles. The Labute approximate surface area is 109 Å². The number of rotatable bonds is 4. The third-order valence-corrected chi connectivity index (χ3v) is 3.51. The predicted molar refractivity (Wildman–Crippen MR) is 70.8 cm³/mol. The van der Waals surface area contributed by atoms with Crippen molar-refractivity contribution in [2.45, 2.75) is 58.0 Å². The molecule has 1 aliphatic carbocycles. The monoisotopic (exact) mass is 255 g/mol. The zero-order chi connectivity index (χ0) is 13.5. The van der Waals surface area contributed by atoms with Gasteiger partial charge in [0.15, 0.2) is 0 Å². The van der Waals surface area contributed by atoms with E-state index < -0.39 is 6.04 Å². The van der Waals surface area contributed by atoms with E-state index in [1.807, 2.05) is 6.92 Å². The summed E-state index contributed by atoms with van der Waals surface area (Å²) >= 11 is 0. The van der Waals surface area contributed by atoms with Gasteiger partial charge in [0, 0.05) is 12.6 Å². The second-order valence-corrected chi connectivity index (χ2v) is 5.03. The molecule has 1 rings (SSSR count). The summed E-state index contributed by atoms with van der Waals surface area (Å²) in [5.74, 6) is -0.374. The molecule has 1 aliphatic rings. The summed E-state index contributed by atoms with van der Waals surface area (Å²) in [5.41, 5.74) is 6.03. The molecule has 0 aliphatic heterocycles. The molecule has 0 aromatic rings. The van der Waals surface area contributed by atoms with Gasteiger partial charge in [-0.15, -0.1) is 0 Å². The van der Waals surface area contributed by atoms with Crippen LogP contribution in [0.4, 0.5) is 0 Å². The van der Waals surface area contributed by atoms with Crippen LogP contribution in [0.2, 0.25) is 0 Å². The van der Waals surface area contributed by atoms with Gasteiger partial charge in [-0.05, 0) is 26.7 Å². The van der Waals surface area contributed by atoms with Crippen LogP contribution in [0.25, 0.3) is 0 Å². The minimum atomic E-state index is -0.493. The maximum Gasteiger partial charge on any atom is 0.242 e. The van der Waals surface area contributed by atoms with E-state index in [4.69, 9.17) is 5.73 Å². The second-order valence-electron chi connectivity index (χ2n) is 5.03. The predicted octanol–water partition coefficient (Wildman–Crippen LogP) is 0.535. The Kier molecular flexibility index (Phi) is 6.12. The van der Waals surface area contributed by atoms with Crippen LogP contribution in [-0.4, -0.2) is 30.4 Å². The summed E-state index contributed by atoms with van der Waals surface area (Å²) in [4.78, 5) is 23.7. The van der Waals surface area contributed by atoms with Gasteiger partial charge in [-0.2, -0.15) is 0 Å². The Morgan fingerprint density at radius 1 is 1.28 bits per heavy atom. The first kappa shape index (κ1) is 15.0. The lowest BCUT2D eigenvalue weighted by Crippen LogP contribution is -2.49. The summed E-state index contributed by atoms with van der Waals surface area (Å²) in [6.45, 7) is 4.13. The highest BCUT2D eigenvalue weighted by atomic mass is 16.2. The van der Waals surface area contributed by atoms with E-state index in [0.29, 0.717) is 6.54 Å². The zero-order valence-corrected chi connectivity index (χ0v) is 11.4. The minimum absolute atomic E-state index is 0.0751. The molecule has 3 atom stereocenters. The first-order valence-corrected chi connectivity index (χ1v) is 6.90. The maximum atomic E-state index is 12.1. The summed E-state index contributed by atoms with van der Waals surface area (Å²) in [6, 6.07) is -0.568. The van der Waals surface area contributed by atoms with E-state index in [2.05, 4.69) is 10.6 Å². The lowest BCUT2D eigenvalue weighted by Gasteiger charge is -2.22. The number of likely N-dealkylation sites (N-methyl/N-ethyl adjacent to an activating group) is 1. The molecule has 3 unspecified atom stereocenters. The van der Waals surface area contributed by atoms with Crippen molar-refractivity contribution in [3.63, 3.8) is 0 Å². The number of carbonyl (C=O) groups excluding carboxylic acids is 2. The Bertz CT molecular complexity index is 294. The van der Waals surface area contributed by atoms with Crippen LogP contribution in [0.15, 0.2) is 0 Å². The van der Waals surface area contributed by atoms with Crippen molar-refractivity contribution >= 4 is 11.8 Å². The van der Waals surface area contributed by atoms with Gasteiger partial charge in [-0.3, -0.25) is 9.59 Å². The average molecular weight is 255 g/mol. The van der Waals surface area contributed by atoms with Crippen molar-refractivity contribution < 1.29 is 9.59 Å². The molecule has 5 nitrogen and oxygen atoms in total. The van der Waals surface area contributed by atoms with Gasteiger partial charge in [-0.25, -0.2) is 0 Å². The number of carbonyl (C=O) groups is 2. The van der Waals surface area contributed by atoms with Gasteiger partial charge in [0.2, 0.25) is 11.8 Å². The summed E-state index contributed by atoms with van der Waals surface area (Å²) in [7, 11) is 0. The highest BCUT2D eigenvalue weighted by molar-refractivity contribution is 5.88. The van der Waals surface area contributed by atoms with Crippen molar-refractivity contribution in [3.05, 3.63) is 0 Å². The van der Waals surface area contributed by atoms with Gasteiger partial charge in [0.05, 0.1) is 5.92 Å². The van der Waals surface area contributed by atoms with Crippen LogP contribution >= 0.6 is 0 Å². The number of nitrogens with one attached hydrogen (secondary N) is 2. The normalized spacial score (nSPS) is 25.9. The second kappa shape index (κ2) is 7.36. The molecule has 0 saturated heterocycles. The Balaban J connectivity index is 2.50. The summed E-state index contributed by atoms with van der Waals surface area (Å²) < 4.78 is 0. The fourth-order valence-corrected chi connectivity index (χ4v) is 2.38. The van der Waals surface area contributed by atoms with E-state index in [1.54, 1.807) is 6.92 Å². The van der Waals surface area contributed by atoms with Gasteiger partial charge < -0.3 is 16.4 Å². The van der Waals surface area contributed by atoms with Crippen LogP contribution in [0.5, 0.6) is 0 Å². The summed E-state index contributed by atoms with van der Waals surface area (Å²) in [6.07, 6.45) is 5.00. The van der Waals surface area contributed by atoms with Gasteiger partial charge in [-0.1, -0.05) is 19.3 Å². The quantitative estimate of drug-likeness (QED) is 0.641. The molecule has 18 heavy (non-hydrogen) atoms. The Hall–Kier alpha value is -1.10. The molecule has 0 radical (unpaired) electrons. The average Bonchev–Trinajstić information content (AvgIpc) is 2.54. The van der Waals surface area contributed by atoms with Gasteiger partial charge >= 0.3 is 0 Å². The third kappa shape index (κ3) is 4.29. The first-order chi connectivity index (χ1) is 8.56. The molecule has 0 aromatic carbocycles. The topological polar surface area (TPSA) is 84.2 Å². The Morgan fingerprint density at radius 3 is 2.61 bits per heavy atom. The van der Waals surface area contributed by atoms with Crippen LogP contribution in [0, 0.1) is 5.92 Å². The molecule has 0 bridgehead atoms. The van der Waals surface area contributed by atoms with Crippen molar-refractivity contribution in [2.75, 3.05) is 6.54 Å². The van der Waals surface area contributed by atoms with Gasteiger partial charge in [0.1, 0.15) is 6.04 Å². The molecule has 104 valence electrons. The van der Waals surface area contributed by atoms with Crippen LogP contribution in [0.3, 0.4) is 0 Å². The molecule has 1 fully saturated rings. The largest absolute Gasteiger partial charge is 0.355 e. The molecule has 2 amide bonds. The Morgan fingerprint density at radius 2 is 1.94 bits per heavy atom. The summed E-state index contributed by atoms with van der Waals surface area (Å²) in [5, 5.41) is 5.45. The fourth-order valence-electron chi connectivity index (χ4n) is 2.38. The fraction of sp³-hybridized carbons (Fsp3) is 0.846.